The van der Waals surface area contributed by atoms with Crippen LogP contribution in [0.5, 0.6) is 11.5 Å². The Morgan fingerprint density at radius 3 is 2.24 bits per heavy atom. The smallest absolute Gasteiger partial charge is 0.193 e. The standard InChI is InChI=1S/C22H20O3/c1-16-8-13-21(24-2)19(14-16)15-25-20-11-9-18(10-12-20)22(23)17-6-4-3-5-7-17/h3-14H,15H2,1-2H3. The van der Waals surface area contributed by atoms with Crippen LogP contribution in [0.4, 0.5) is 0 Å². The lowest BCUT2D eigenvalue weighted by atomic mass is 10.0. The van der Waals surface area contributed by atoms with Crippen molar-refractivity contribution in [1.29, 1.82) is 0 Å². The van der Waals surface area contributed by atoms with Crippen LogP contribution in [-0.2, 0) is 6.61 Å². The van der Waals surface area contributed by atoms with E-state index in [1.165, 1.54) is 0 Å². The number of hydrogen-bond acceptors (Lipinski definition) is 3. The molecule has 0 amide bonds. The van der Waals surface area contributed by atoms with E-state index in [1.54, 1.807) is 19.2 Å². The summed E-state index contributed by atoms with van der Waals surface area (Å²) in [4.78, 5) is 12.4. The van der Waals surface area contributed by atoms with E-state index in [9.17, 15) is 4.79 Å². The normalized spacial score (nSPS) is 10.3. The quantitative estimate of drug-likeness (QED) is 0.608. The van der Waals surface area contributed by atoms with Crippen LogP contribution in [0.25, 0.3) is 0 Å². The Balaban J connectivity index is 1.69. The molecule has 0 N–H and O–H groups in total. The van der Waals surface area contributed by atoms with Gasteiger partial charge in [0.15, 0.2) is 5.78 Å². The van der Waals surface area contributed by atoms with E-state index in [0.29, 0.717) is 23.5 Å². The molecule has 0 fully saturated rings. The van der Waals surface area contributed by atoms with E-state index in [0.717, 1.165) is 16.9 Å². The summed E-state index contributed by atoms with van der Waals surface area (Å²) in [6.07, 6.45) is 0. The van der Waals surface area contributed by atoms with Crippen molar-refractivity contribution in [3.05, 3.63) is 95.1 Å². The number of carbonyl (C=O) groups excluding carboxylic acids is 1. The number of methoxy groups -OCH3 is 1. The third-order valence-corrected chi connectivity index (χ3v) is 3.98. The fourth-order valence-electron chi connectivity index (χ4n) is 2.64. The van der Waals surface area contributed by atoms with Crippen molar-refractivity contribution in [2.75, 3.05) is 7.11 Å². The fraction of sp³-hybridized carbons (Fsp3) is 0.136. The zero-order valence-electron chi connectivity index (χ0n) is 14.4. The first-order valence-corrected chi connectivity index (χ1v) is 8.13. The lowest BCUT2D eigenvalue weighted by Gasteiger charge is -2.11. The highest BCUT2D eigenvalue weighted by molar-refractivity contribution is 6.08. The summed E-state index contributed by atoms with van der Waals surface area (Å²) in [5, 5.41) is 0. The molecule has 0 saturated carbocycles. The van der Waals surface area contributed by atoms with Gasteiger partial charge in [0.05, 0.1) is 7.11 Å². The Labute approximate surface area is 147 Å². The lowest BCUT2D eigenvalue weighted by molar-refractivity contribution is 0.103. The van der Waals surface area contributed by atoms with Crippen molar-refractivity contribution in [3.63, 3.8) is 0 Å². The summed E-state index contributed by atoms with van der Waals surface area (Å²) < 4.78 is 11.2. The average Bonchev–Trinajstić information content (AvgIpc) is 2.67. The lowest BCUT2D eigenvalue weighted by Crippen LogP contribution is -2.02. The number of hydrogen-bond donors (Lipinski definition) is 0. The third-order valence-electron chi connectivity index (χ3n) is 3.98. The molecule has 0 saturated heterocycles. The van der Waals surface area contributed by atoms with Crippen LogP contribution in [0.15, 0.2) is 72.8 Å². The summed E-state index contributed by atoms with van der Waals surface area (Å²) in [6.45, 7) is 2.45. The molecule has 3 nitrogen and oxygen atoms in total. The van der Waals surface area contributed by atoms with E-state index in [-0.39, 0.29) is 5.78 Å². The van der Waals surface area contributed by atoms with Crippen LogP contribution in [0.2, 0.25) is 0 Å². The van der Waals surface area contributed by atoms with Gasteiger partial charge in [0.1, 0.15) is 18.1 Å². The molecule has 0 radical (unpaired) electrons. The molecule has 0 unspecified atom stereocenters. The molecule has 0 aromatic heterocycles. The van der Waals surface area contributed by atoms with Gasteiger partial charge < -0.3 is 9.47 Å². The molecule has 25 heavy (non-hydrogen) atoms. The largest absolute Gasteiger partial charge is 0.496 e. The molecule has 3 aromatic rings. The predicted octanol–water partition coefficient (Wildman–Crippen LogP) is 4.81. The first kappa shape index (κ1) is 16.8. The van der Waals surface area contributed by atoms with Crippen molar-refractivity contribution in [3.8, 4) is 11.5 Å². The summed E-state index contributed by atoms with van der Waals surface area (Å²) in [5.41, 5.74) is 3.47. The van der Waals surface area contributed by atoms with Crippen molar-refractivity contribution < 1.29 is 14.3 Å². The van der Waals surface area contributed by atoms with Crippen molar-refractivity contribution in [2.24, 2.45) is 0 Å². The Kier molecular flexibility index (Phi) is 5.14. The zero-order chi connectivity index (χ0) is 17.6. The van der Waals surface area contributed by atoms with E-state index < -0.39 is 0 Å². The summed E-state index contributed by atoms with van der Waals surface area (Å²) >= 11 is 0. The monoisotopic (exact) mass is 332 g/mol. The Bertz CT molecular complexity index is 852. The van der Waals surface area contributed by atoms with Gasteiger partial charge in [0, 0.05) is 16.7 Å². The third kappa shape index (κ3) is 4.07. The molecule has 0 aliphatic heterocycles. The maximum Gasteiger partial charge on any atom is 0.193 e. The molecule has 0 aliphatic rings. The van der Waals surface area contributed by atoms with Crippen LogP contribution in [0.3, 0.4) is 0 Å². The highest BCUT2D eigenvalue weighted by Crippen LogP contribution is 2.22. The molecule has 0 aliphatic carbocycles. The summed E-state index contributed by atoms with van der Waals surface area (Å²) in [6, 6.07) is 22.5. The molecular weight excluding hydrogens is 312 g/mol. The molecule has 3 heteroatoms. The highest BCUT2D eigenvalue weighted by Gasteiger charge is 2.09. The summed E-state index contributed by atoms with van der Waals surface area (Å²) in [7, 11) is 1.65. The molecular formula is C22H20O3. The average molecular weight is 332 g/mol. The van der Waals surface area contributed by atoms with E-state index >= 15 is 0 Å². The van der Waals surface area contributed by atoms with Gasteiger partial charge in [0.25, 0.3) is 0 Å². The van der Waals surface area contributed by atoms with Crippen LogP contribution in [-0.4, -0.2) is 12.9 Å². The van der Waals surface area contributed by atoms with E-state index in [1.807, 2.05) is 67.6 Å². The van der Waals surface area contributed by atoms with E-state index in [4.69, 9.17) is 9.47 Å². The minimum atomic E-state index is 0.00695. The van der Waals surface area contributed by atoms with Gasteiger partial charge in [-0.1, -0.05) is 42.0 Å². The molecule has 3 rings (SSSR count). The minimum absolute atomic E-state index is 0.00695. The molecule has 3 aromatic carbocycles. The van der Waals surface area contributed by atoms with Crippen molar-refractivity contribution >= 4 is 5.78 Å². The maximum atomic E-state index is 12.4. The molecule has 0 atom stereocenters. The van der Waals surface area contributed by atoms with Crippen molar-refractivity contribution in [1.82, 2.24) is 0 Å². The number of rotatable bonds is 6. The van der Waals surface area contributed by atoms with Crippen molar-refractivity contribution in [2.45, 2.75) is 13.5 Å². The Hall–Kier alpha value is -3.07. The van der Waals surface area contributed by atoms with Crippen LogP contribution in [0, 0.1) is 6.92 Å². The van der Waals surface area contributed by atoms with Gasteiger partial charge in [0.2, 0.25) is 0 Å². The first-order valence-electron chi connectivity index (χ1n) is 8.13. The van der Waals surface area contributed by atoms with Gasteiger partial charge in [-0.25, -0.2) is 0 Å². The van der Waals surface area contributed by atoms with Crippen LogP contribution >= 0.6 is 0 Å². The fourth-order valence-corrected chi connectivity index (χ4v) is 2.64. The second kappa shape index (κ2) is 7.67. The number of ketones is 1. The van der Waals surface area contributed by atoms with Gasteiger partial charge in [-0.3, -0.25) is 4.79 Å². The first-order chi connectivity index (χ1) is 12.2. The molecule has 0 spiro atoms. The predicted molar refractivity (Wildman–Crippen MR) is 98.4 cm³/mol. The van der Waals surface area contributed by atoms with Gasteiger partial charge in [-0.05, 0) is 43.3 Å². The SMILES string of the molecule is COc1ccc(C)cc1COc1ccc(C(=O)c2ccccc2)cc1. The van der Waals surface area contributed by atoms with Crippen LogP contribution in [0.1, 0.15) is 27.0 Å². The van der Waals surface area contributed by atoms with Crippen LogP contribution < -0.4 is 9.47 Å². The Morgan fingerprint density at radius 1 is 0.880 bits per heavy atom. The molecule has 0 heterocycles. The second-order valence-electron chi connectivity index (χ2n) is 5.82. The van der Waals surface area contributed by atoms with Gasteiger partial charge in [-0.15, -0.1) is 0 Å². The Morgan fingerprint density at radius 2 is 1.56 bits per heavy atom. The second-order valence-corrected chi connectivity index (χ2v) is 5.82. The van der Waals surface area contributed by atoms with Gasteiger partial charge in [-0.2, -0.15) is 0 Å². The maximum absolute atomic E-state index is 12.4. The number of benzene rings is 3. The number of carbonyl (C=O) groups is 1. The van der Waals surface area contributed by atoms with E-state index in [2.05, 4.69) is 0 Å². The summed E-state index contributed by atoms with van der Waals surface area (Å²) in [5.74, 6) is 1.53. The topological polar surface area (TPSA) is 35.5 Å². The molecule has 126 valence electrons. The molecule has 0 bridgehead atoms. The number of ether oxygens (including phenoxy) is 2. The zero-order valence-corrected chi connectivity index (χ0v) is 14.4. The number of aryl methyl sites for hydroxylation is 1. The highest BCUT2D eigenvalue weighted by atomic mass is 16.5. The minimum Gasteiger partial charge on any atom is -0.496 e. The van der Waals surface area contributed by atoms with Gasteiger partial charge >= 0.3 is 0 Å².